The van der Waals surface area contributed by atoms with Crippen molar-refractivity contribution in [1.29, 1.82) is 0 Å². The molecule has 0 aromatic carbocycles. The smallest absolute Gasteiger partial charge is 0.315 e. The van der Waals surface area contributed by atoms with E-state index in [1.165, 1.54) is 0 Å². The molecule has 1 aromatic heterocycles. The van der Waals surface area contributed by atoms with E-state index >= 15 is 0 Å². The highest BCUT2D eigenvalue weighted by molar-refractivity contribution is 5.89. The highest BCUT2D eigenvalue weighted by Gasteiger charge is 2.38. The Morgan fingerprint density at radius 1 is 1.30 bits per heavy atom. The normalized spacial score (nSPS) is 18.7. The van der Waals surface area contributed by atoms with Crippen LogP contribution in [0.3, 0.4) is 0 Å². The Balaban J connectivity index is 1.81. The summed E-state index contributed by atoms with van der Waals surface area (Å²) in [6, 6.07) is -0.0655. The van der Waals surface area contributed by atoms with Crippen LogP contribution in [-0.2, 0) is 4.79 Å². The number of hydrogen-bond donors (Lipinski definition) is 3. The van der Waals surface area contributed by atoms with E-state index in [-0.39, 0.29) is 12.1 Å². The number of aromatic nitrogens is 2. The van der Waals surface area contributed by atoms with Gasteiger partial charge in [-0.15, -0.1) is 0 Å². The molecule has 0 aliphatic heterocycles. The van der Waals surface area contributed by atoms with E-state index in [0.29, 0.717) is 19.4 Å². The zero-order valence-corrected chi connectivity index (χ0v) is 13.8. The summed E-state index contributed by atoms with van der Waals surface area (Å²) in [6.07, 6.45) is 11.4. The molecule has 0 radical (unpaired) electrons. The molecule has 7 nitrogen and oxygen atoms in total. The first-order valence-corrected chi connectivity index (χ1v) is 8.37. The van der Waals surface area contributed by atoms with Gasteiger partial charge in [-0.1, -0.05) is 25.7 Å². The third kappa shape index (κ3) is 4.71. The monoisotopic (exact) mass is 321 g/mol. The molecule has 7 heteroatoms. The number of urea groups is 1. The van der Waals surface area contributed by atoms with Crippen LogP contribution in [0.25, 0.3) is 0 Å². The standard InChI is InChI=1S/C16H27N5O2/c1-13(21-11-10-18-12-21)6-9-19-15(23)20-16(14(17)22)7-4-2-3-5-8-16/h10-13H,2-9H2,1H3,(H2,17,22)(H2,19,20,23). The molecule has 1 saturated carbocycles. The molecule has 3 amide bonds. The largest absolute Gasteiger partial charge is 0.368 e. The minimum atomic E-state index is -0.892. The quantitative estimate of drug-likeness (QED) is 0.695. The molecule has 4 N–H and O–H groups in total. The Morgan fingerprint density at radius 3 is 2.57 bits per heavy atom. The molecular formula is C16H27N5O2. The van der Waals surface area contributed by atoms with Crippen LogP contribution in [0, 0.1) is 0 Å². The molecule has 1 aliphatic carbocycles. The number of imidazole rings is 1. The fourth-order valence-corrected chi connectivity index (χ4v) is 3.10. The highest BCUT2D eigenvalue weighted by Crippen LogP contribution is 2.26. The highest BCUT2D eigenvalue weighted by atomic mass is 16.2. The van der Waals surface area contributed by atoms with Crippen LogP contribution in [0.15, 0.2) is 18.7 Å². The summed E-state index contributed by atoms with van der Waals surface area (Å²) >= 11 is 0. The Bertz CT molecular complexity index is 507. The van der Waals surface area contributed by atoms with Crippen molar-refractivity contribution >= 4 is 11.9 Å². The van der Waals surface area contributed by atoms with Crippen LogP contribution in [0.1, 0.15) is 57.9 Å². The molecule has 1 atom stereocenters. The second-order valence-electron chi connectivity index (χ2n) is 6.39. The van der Waals surface area contributed by atoms with Gasteiger partial charge in [-0.2, -0.15) is 0 Å². The maximum atomic E-state index is 12.2. The first-order valence-electron chi connectivity index (χ1n) is 8.37. The third-order valence-electron chi connectivity index (χ3n) is 4.66. The van der Waals surface area contributed by atoms with E-state index in [1.807, 2.05) is 10.8 Å². The van der Waals surface area contributed by atoms with Gasteiger partial charge in [-0.25, -0.2) is 9.78 Å². The number of nitrogens with two attached hydrogens (primary N) is 1. The lowest BCUT2D eigenvalue weighted by atomic mass is 9.89. The lowest BCUT2D eigenvalue weighted by Gasteiger charge is -2.30. The summed E-state index contributed by atoms with van der Waals surface area (Å²) in [4.78, 5) is 28.0. The van der Waals surface area contributed by atoms with Gasteiger partial charge in [0.2, 0.25) is 5.91 Å². The first kappa shape index (κ1) is 17.3. The molecule has 0 saturated heterocycles. The Hall–Kier alpha value is -2.05. The van der Waals surface area contributed by atoms with Crippen molar-refractivity contribution in [3.8, 4) is 0 Å². The van der Waals surface area contributed by atoms with Gasteiger partial charge >= 0.3 is 6.03 Å². The summed E-state index contributed by atoms with van der Waals surface area (Å²) in [5.74, 6) is -0.429. The van der Waals surface area contributed by atoms with Crippen molar-refractivity contribution in [3.63, 3.8) is 0 Å². The summed E-state index contributed by atoms with van der Waals surface area (Å²) in [6.45, 7) is 2.59. The second-order valence-corrected chi connectivity index (χ2v) is 6.39. The van der Waals surface area contributed by atoms with E-state index in [9.17, 15) is 9.59 Å². The molecule has 0 bridgehead atoms. The lowest BCUT2D eigenvalue weighted by molar-refractivity contribution is -0.124. The van der Waals surface area contributed by atoms with Crippen molar-refractivity contribution in [2.75, 3.05) is 6.54 Å². The van der Waals surface area contributed by atoms with Gasteiger partial charge in [0.05, 0.1) is 6.33 Å². The zero-order valence-electron chi connectivity index (χ0n) is 13.8. The SMILES string of the molecule is CC(CCNC(=O)NC1(C(N)=O)CCCCCC1)n1ccnc1. The van der Waals surface area contributed by atoms with E-state index in [0.717, 1.165) is 32.1 Å². The van der Waals surface area contributed by atoms with E-state index in [1.54, 1.807) is 12.5 Å². The van der Waals surface area contributed by atoms with E-state index in [2.05, 4.69) is 22.5 Å². The van der Waals surface area contributed by atoms with E-state index < -0.39 is 11.4 Å². The molecule has 1 fully saturated rings. The number of hydrogen-bond acceptors (Lipinski definition) is 3. The topological polar surface area (TPSA) is 102 Å². The average molecular weight is 321 g/mol. The van der Waals surface area contributed by atoms with Crippen molar-refractivity contribution in [2.45, 2.75) is 63.5 Å². The van der Waals surface area contributed by atoms with Gasteiger partial charge in [0, 0.05) is 25.0 Å². The molecule has 1 unspecified atom stereocenters. The first-order chi connectivity index (χ1) is 11.0. The van der Waals surface area contributed by atoms with Crippen LogP contribution in [-0.4, -0.2) is 33.6 Å². The van der Waals surface area contributed by atoms with E-state index in [4.69, 9.17) is 5.73 Å². The molecule has 2 rings (SSSR count). The predicted octanol–water partition coefficient (Wildman–Crippen LogP) is 1.71. The summed E-state index contributed by atoms with van der Waals surface area (Å²) in [7, 11) is 0. The predicted molar refractivity (Wildman–Crippen MR) is 87.7 cm³/mol. The maximum Gasteiger partial charge on any atom is 0.315 e. The minimum absolute atomic E-state index is 0.251. The number of carbonyl (C=O) groups excluding carboxylic acids is 2. The number of rotatable bonds is 6. The zero-order chi connectivity index (χ0) is 16.7. The number of nitrogens with one attached hydrogen (secondary N) is 2. The van der Waals surface area contributed by atoms with Gasteiger partial charge in [-0.05, 0) is 26.2 Å². The van der Waals surface area contributed by atoms with Gasteiger partial charge in [0.25, 0.3) is 0 Å². The molecule has 1 heterocycles. The average Bonchev–Trinajstić information content (AvgIpc) is 2.94. The number of amides is 3. The molecule has 1 aromatic rings. The summed E-state index contributed by atoms with van der Waals surface area (Å²) in [5, 5.41) is 5.67. The summed E-state index contributed by atoms with van der Waals surface area (Å²) < 4.78 is 2.00. The van der Waals surface area contributed by atoms with Crippen molar-refractivity contribution < 1.29 is 9.59 Å². The van der Waals surface area contributed by atoms with Gasteiger partial charge < -0.3 is 20.9 Å². The minimum Gasteiger partial charge on any atom is -0.368 e. The van der Waals surface area contributed by atoms with Crippen LogP contribution in [0.2, 0.25) is 0 Å². The fraction of sp³-hybridized carbons (Fsp3) is 0.688. The molecule has 23 heavy (non-hydrogen) atoms. The van der Waals surface area contributed by atoms with Crippen molar-refractivity contribution in [3.05, 3.63) is 18.7 Å². The van der Waals surface area contributed by atoms with Gasteiger partial charge in [-0.3, -0.25) is 4.79 Å². The number of carbonyl (C=O) groups is 2. The molecule has 0 spiro atoms. The Kier molecular flexibility index (Phi) is 6.01. The van der Waals surface area contributed by atoms with Crippen LogP contribution in [0.4, 0.5) is 4.79 Å². The maximum absolute atomic E-state index is 12.2. The molecule has 128 valence electrons. The third-order valence-corrected chi connectivity index (χ3v) is 4.66. The number of nitrogens with zero attached hydrogens (tertiary/aromatic N) is 2. The lowest BCUT2D eigenvalue weighted by Crippen LogP contribution is -2.59. The second kappa shape index (κ2) is 7.99. The Labute approximate surface area is 137 Å². The van der Waals surface area contributed by atoms with Crippen molar-refractivity contribution in [1.82, 2.24) is 20.2 Å². The van der Waals surface area contributed by atoms with Crippen LogP contribution >= 0.6 is 0 Å². The van der Waals surface area contributed by atoms with Gasteiger partial charge in [0.1, 0.15) is 5.54 Å². The van der Waals surface area contributed by atoms with Crippen LogP contribution in [0.5, 0.6) is 0 Å². The fourth-order valence-electron chi connectivity index (χ4n) is 3.10. The van der Waals surface area contributed by atoms with Gasteiger partial charge in [0.15, 0.2) is 0 Å². The molecular weight excluding hydrogens is 294 g/mol. The summed E-state index contributed by atoms with van der Waals surface area (Å²) in [5.41, 5.74) is 4.68. The number of primary amides is 1. The molecule has 1 aliphatic rings. The Morgan fingerprint density at radius 2 is 2.00 bits per heavy atom. The van der Waals surface area contributed by atoms with Crippen molar-refractivity contribution in [2.24, 2.45) is 5.73 Å². The van der Waals surface area contributed by atoms with Crippen LogP contribution < -0.4 is 16.4 Å².